The molecule has 0 spiro atoms. The number of benzene rings is 2. The third-order valence-electron chi connectivity index (χ3n) is 5.92. The topological polar surface area (TPSA) is 96.0 Å². The Balaban J connectivity index is 2.19. The maximum Gasteiger partial charge on any atom is 0.242 e. The zero-order valence-electron chi connectivity index (χ0n) is 22.0. The molecule has 0 saturated heterocycles. The van der Waals surface area contributed by atoms with Crippen molar-refractivity contribution in [1.29, 1.82) is 0 Å². The number of methoxy groups -OCH3 is 1. The molecule has 2 rings (SSSR count). The minimum atomic E-state index is -3.52. The number of sulfonamides is 1. The third-order valence-corrected chi connectivity index (χ3v) is 7.12. The number of nitrogens with zero attached hydrogens (tertiary/aromatic N) is 2. The monoisotopic (exact) mass is 517 g/mol. The number of aryl methyl sites for hydroxylation is 1. The molecule has 0 fully saturated rings. The van der Waals surface area contributed by atoms with Crippen LogP contribution in [0.5, 0.6) is 5.75 Å². The normalized spacial score (nSPS) is 12.0. The van der Waals surface area contributed by atoms with Gasteiger partial charge in [0.05, 0.1) is 19.1 Å². The Morgan fingerprint density at radius 1 is 1.03 bits per heavy atom. The van der Waals surface area contributed by atoms with E-state index in [2.05, 4.69) is 5.32 Å². The lowest BCUT2D eigenvalue weighted by Crippen LogP contribution is -2.49. The molecule has 1 N–H and O–H groups in total. The largest absolute Gasteiger partial charge is 0.497 e. The molecule has 1 atom stereocenters. The van der Waals surface area contributed by atoms with Gasteiger partial charge in [-0.1, -0.05) is 43.7 Å². The Morgan fingerprint density at radius 3 is 2.19 bits per heavy atom. The molecule has 2 amide bonds. The minimum Gasteiger partial charge on any atom is -0.497 e. The van der Waals surface area contributed by atoms with Gasteiger partial charge < -0.3 is 15.0 Å². The van der Waals surface area contributed by atoms with E-state index in [-0.39, 0.29) is 31.3 Å². The molecule has 0 heterocycles. The fourth-order valence-electron chi connectivity index (χ4n) is 3.93. The third kappa shape index (κ3) is 8.55. The summed E-state index contributed by atoms with van der Waals surface area (Å²) < 4.78 is 31.4. The van der Waals surface area contributed by atoms with E-state index < -0.39 is 16.1 Å². The van der Waals surface area contributed by atoms with E-state index in [1.54, 1.807) is 24.1 Å². The zero-order chi connectivity index (χ0) is 26.7. The molecule has 0 bridgehead atoms. The molecule has 0 radical (unpaired) electrons. The lowest BCUT2D eigenvalue weighted by atomic mass is 10.1. The lowest BCUT2D eigenvalue weighted by Gasteiger charge is -2.31. The van der Waals surface area contributed by atoms with Gasteiger partial charge in [-0.05, 0) is 56.0 Å². The summed E-state index contributed by atoms with van der Waals surface area (Å²) in [7, 11) is -1.93. The summed E-state index contributed by atoms with van der Waals surface area (Å²) in [6.45, 7) is 6.78. The van der Waals surface area contributed by atoms with Crippen LogP contribution in [0.15, 0.2) is 48.5 Å². The maximum absolute atomic E-state index is 13.4. The molecule has 1 unspecified atom stereocenters. The van der Waals surface area contributed by atoms with Gasteiger partial charge in [0.25, 0.3) is 0 Å². The fraction of sp³-hybridized carbons (Fsp3) is 0.481. The van der Waals surface area contributed by atoms with E-state index in [0.29, 0.717) is 30.8 Å². The summed E-state index contributed by atoms with van der Waals surface area (Å²) in [6.07, 6.45) is 2.87. The lowest BCUT2D eigenvalue weighted by molar-refractivity contribution is -0.141. The summed E-state index contributed by atoms with van der Waals surface area (Å²) in [4.78, 5) is 27.9. The van der Waals surface area contributed by atoms with Crippen molar-refractivity contribution in [2.75, 3.05) is 30.8 Å². The predicted octanol–water partition coefficient (Wildman–Crippen LogP) is 3.88. The van der Waals surface area contributed by atoms with Crippen LogP contribution < -0.4 is 14.4 Å². The van der Waals surface area contributed by atoms with Gasteiger partial charge in [-0.3, -0.25) is 13.9 Å². The van der Waals surface area contributed by atoms with Crippen molar-refractivity contribution >= 4 is 27.5 Å². The number of ether oxygens (including phenoxy) is 1. The van der Waals surface area contributed by atoms with E-state index in [0.717, 1.165) is 23.8 Å². The summed E-state index contributed by atoms with van der Waals surface area (Å²) in [5, 5.41) is 2.90. The molecule has 0 aliphatic carbocycles. The Hall–Kier alpha value is -3.07. The number of carbonyl (C=O) groups excluding carboxylic acids is 2. The summed E-state index contributed by atoms with van der Waals surface area (Å²) in [5.41, 5.74) is 2.47. The van der Waals surface area contributed by atoms with Crippen LogP contribution in [0.25, 0.3) is 0 Å². The maximum atomic E-state index is 13.4. The number of carbonyl (C=O) groups is 2. The molecular formula is C27H39N3O5S. The van der Waals surface area contributed by atoms with Crippen LogP contribution in [0.3, 0.4) is 0 Å². The molecular weight excluding hydrogens is 478 g/mol. The van der Waals surface area contributed by atoms with Crippen molar-refractivity contribution in [2.24, 2.45) is 0 Å². The van der Waals surface area contributed by atoms with Gasteiger partial charge in [0, 0.05) is 26.1 Å². The standard InChI is InChI=1S/C27H39N3O5S/c1-6-18-28-27(32)25(7-2)29(20-22-12-16-24(35-4)17-13-22)26(31)9-8-19-30(36(5,33)34)23-14-10-21(3)11-15-23/h10-17,25H,6-9,18-20H2,1-5H3,(H,28,32). The van der Waals surface area contributed by atoms with Gasteiger partial charge in [0.2, 0.25) is 21.8 Å². The van der Waals surface area contributed by atoms with E-state index in [1.807, 2.05) is 57.2 Å². The average molecular weight is 518 g/mol. The van der Waals surface area contributed by atoms with Crippen LogP contribution in [0.2, 0.25) is 0 Å². The zero-order valence-corrected chi connectivity index (χ0v) is 22.8. The Bertz CT molecular complexity index is 1090. The smallest absolute Gasteiger partial charge is 0.242 e. The van der Waals surface area contributed by atoms with E-state index in [9.17, 15) is 18.0 Å². The van der Waals surface area contributed by atoms with Gasteiger partial charge in [0.15, 0.2) is 0 Å². The molecule has 0 aliphatic rings. The summed E-state index contributed by atoms with van der Waals surface area (Å²) in [6, 6.07) is 14.0. The van der Waals surface area contributed by atoms with Crippen LogP contribution in [-0.2, 0) is 26.2 Å². The Morgan fingerprint density at radius 2 is 1.67 bits per heavy atom. The van der Waals surface area contributed by atoms with Gasteiger partial charge >= 0.3 is 0 Å². The molecule has 0 aromatic heterocycles. The number of rotatable bonds is 14. The molecule has 0 aliphatic heterocycles. The summed E-state index contributed by atoms with van der Waals surface area (Å²) in [5.74, 6) is 0.335. The second kappa shape index (κ2) is 13.9. The first-order valence-corrected chi connectivity index (χ1v) is 14.2. The highest BCUT2D eigenvalue weighted by Gasteiger charge is 2.28. The second-order valence-electron chi connectivity index (χ2n) is 8.86. The van der Waals surface area contributed by atoms with Crippen molar-refractivity contribution in [3.05, 3.63) is 59.7 Å². The number of hydrogen-bond donors (Lipinski definition) is 1. The number of anilines is 1. The molecule has 8 nitrogen and oxygen atoms in total. The molecule has 9 heteroatoms. The first kappa shape index (κ1) is 29.2. The first-order valence-electron chi connectivity index (χ1n) is 12.3. The van der Waals surface area contributed by atoms with Crippen LogP contribution in [-0.4, -0.2) is 57.6 Å². The van der Waals surface area contributed by atoms with E-state index in [1.165, 1.54) is 4.31 Å². The highest BCUT2D eigenvalue weighted by Crippen LogP contribution is 2.21. The average Bonchev–Trinajstić information content (AvgIpc) is 2.85. The van der Waals surface area contributed by atoms with Gasteiger partial charge in [-0.25, -0.2) is 8.42 Å². The molecule has 2 aromatic rings. The summed E-state index contributed by atoms with van der Waals surface area (Å²) >= 11 is 0. The number of amides is 2. The fourth-order valence-corrected chi connectivity index (χ4v) is 4.89. The SMILES string of the molecule is CCCNC(=O)C(CC)N(Cc1ccc(OC)cc1)C(=O)CCCN(c1ccc(C)cc1)S(C)(=O)=O. The predicted molar refractivity (Wildman–Crippen MR) is 144 cm³/mol. The van der Waals surface area contributed by atoms with Crippen molar-refractivity contribution in [3.8, 4) is 5.75 Å². The number of hydrogen-bond acceptors (Lipinski definition) is 5. The molecule has 0 saturated carbocycles. The molecule has 2 aromatic carbocycles. The van der Waals surface area contributed by atoms with Crippen molar-refractivity contribution in [1.82, 2.24) is 10.2 Å². The van der Waals surface area contributed by atoms with Crippen LogP contribution in [0.4, 0.5) is 5.69 Å². The van der Waals surface area contributed by atoms with Crippen LogP contribution >= 0.6 is 0 Å². The quantitative estimate of drug-likeness (QED) is 0.410. The van der Waals surface area contributed by atoms with E-state index >= 15 is 0 Å². The van der Waals surface area contributed by atoms with Gasteiger partial charge in [-0.15, -0.1) is 0 Å². The molecule has 198 valence electrons. The van der Waals surface area contributed by atoms with Crippen molar-refractivity contribution < 1.29 is 22.7 Å². The van der Waals surface area contributed by atoms with Gasteiger partial charge in [-0.2, -0.15) is 0 Å². The van der Waals surface area contributed by atoms with E-state index in [4.69, 9.17) is 4.74 Å². The Kier molecular flexibility index (Phi) is 11.2. The highest BCUT2D eigenvalue weighted by molar-refractivity contribution is 7.92. The second-order valence-corrected chi connectivity index (χ2v) is 10.8. The van der Waals surface area contributed by atoms with Gasteiger partial charge in [0.1, 0.15) is 11.8 Å². The minimum absolute atomic E-state index is 0.117. The highest BCUT2D eigenvalue weighted by atomic mass is 32.2. The number of nitrogens with one attached hydrogen (secondary N) is 1. The van der Waals surface area contributed by atoms with Crippen molar-refractivity contribution in [3.63, 3.8) is 0 Å². The van der Waals surface area contributed by atoms with Crippen LogP contribution in [0.1, 0.15) is 50.7 Å². The van der Waals surface area contributed by atoms with Crippen LogP contribution in [0, 0.1) is 6.92 Å². The molecule has 36 heavy (non-hydrogen) atoms. The Labute approximate surface area is 215 Å². The van der Waals surface area contributed by atoms with Crippen molar-refractivity contribution in [2.45, 2.75) is 59.0 Å². The first-order chi connectivity index (χ1) is 17.1.